The van der Waals surface area contributed by atoms with Gasteiger partial charge in [-0.15, -0.1) is 0 Å². The van der Waals surface area contributed by atoms with Crippen LogP contribution in [0.3, 0.4) is 0 Å². The Hall–Kier alpha value is -2.22. The van der Waals surface area contributed by atoms with E-state index >= 15 is 0 Å². The molecule has 0 aliphatic heterocycles. The number of hydrogen-bond donors (Lipinski definition) is 0. The van der Waals surface area contributed by atoms with E-state index < -0.39 is 13.6 Å². The van der Waals surface area contributed by atoms with Crippen LogP contribution in [0.15, 0.2) is 91.0 Å². The van der Waals surface area contributed by atoms with Crippen molar-refractivity contribution >= 4 is 26.6 Å². The van der Waals surface area contributed by atoms with Crippen LogP contribution in [0.1, 0.15) is 6.92 Å². The topological polar surface area (TPSA) is 0 Å². The zero-order valence-electron chi connectivity index (χ0n) is 12.6. The fourth-order valence-corrected chi connectivity index (χ4v) is 10.1. The minimum absolute atomic E-state index is 1.37. The Kier molecular flexibility index (Phi) is 4.47. The van der Waals surface area contributed by atoms with Crippen LogP contribution in [-0.2, 0) is 0 Å². The van der Waals surface area contributed by atoms with Crippen molar-refractivity contribution in [3.05, 3.63) is 91.0 Å². The Morgan fingerprint density at radius 3 is 1.14 bits per heavy atom. The number of benzene rings is 3. The Balaban J connectivity index is 2.36. The molecule has 0 aromatic heterocycles. The van der Waals surface area contributed by atoms with Gasteiger partial charge in [0.05, 0.1) is 0 Å². The molecule has 22 heavy (non-hydrogen) atoms. The summed E-state index contributed by atoms with van der Waals surface area (Å²) >= 11 is -2.73. The molecule has 0 N–H and O–H groups in total. The molecule has 3 aromatic rings. The van der Waals surface area contributed by atoms with Crippen LogP contribution in [0.25, 0.3) is 0 Å². The Bertz CT molecular complexity index is 684. The van der Waals surface area contributed by atoms with Crippen molar-refractivity contribution in [2.75, 3.05) is 0 Å². The first kappa shape index (κ1) is 14.7. The van der Waals surface area contributed by atoms with Crippen molar-refractivity contribution in [3.63, 3.8) is 0 Å². The summed E-state index contributed by atoms with van der Waals surface area (Å²) in [6, 6.07) is 32.3. The summed E-state index contributed by atoms with van der Waals surface area (Å²) in [5.74, 6) is 3.23. The van der Waals surface area contributed by atoms with Crippen molar-refractivity contribution < 1.29 is 0 Å². The fraction of sp³-hybridized carbons (Fsp3) is 0.0476. The summed E-state index contributed by atoms with van der Waals surface area (Å²) in [4.78, 5) is 0. The van der Waals surface area contributed by atoms with Crippen LogP contribution >= 0.6 is 0 Å². The summed E-state index contributed by atoms with van der Waals surface area (Å²) in [7, 11) is 0. The molecule has 0 aliphatic carbocycles. The molecule has 0 saturated heterocycles. The van der Waals surface area contributed by atoms with Gasteiger partial charge in [-0.1, -0.05) is 0 Å². The molecule has 0 fully saturated rings. The van der Waals surface area contributed by atoms with Crippen molar-refractivity contribution in [1.29, 1.82) is 0 Å². The average molecular weight is 345 g/mol. The van der Waals surface area contributed by atoms with Crippen LogP contribution in [0.5, 0.6) is 0 Å². The van der Waals surface area contributed by atoms with E-state index in [-0.39, 0.29) is 0 Å². The molecule has 0 bridgehead atoms. The molecule has 0 amide bonds. The minimum atomic E-state index is -2.73. The molecule has 3 aromatic carbocycles. The molecule has 0 heterocycles. The summed E-state index contributed by atoms with van der Waals surface area (Å²) < 4.78 is 7.77. The predicted octanol–water partition coefficient (Wildman–Crippen LogP) is 2.72. The van der Waals surface area contributed by atoms with Crippen molar-refractivity contribution in [2.24, 2.45) is 0 Å². The normalized spacial score (nSPS) is 10.6. The maximum atomic E-state index is 3.67. The summed E-state index contributed by atoms with van der Waals surface area (Å²) in [6.45, 7) is 1.95. The molecule has 3 rings (SSSR count). The molecule has 1 heteroatoms. The molecule has 0 aliphatic rings. The molecular formula is C21H18As+. The SMILES string of the molecule is CC#C[As+](c1ccccc1)(c1ccccc1)c1ccccc1. The van der Waals surface area contributed by atoms with E-state index in [0.717, 1.165) is 0 Å². The van der Waals surface area contributed by atoms with Gasteiger partial charge in [-0.2, -0.15) is 0 Å². The second-order valence-corrected chi connectivity index (χ2v) is 11.6. The Morgan fingerprint density at radius 1 is 0.545 bits per heavy atom. The van der Waals surface area contributed by atoms with Gasteiger partial charge >= 0.3 is 135 Å². The van der Waals surface area contributed by atoms with Crippen LogP contribution in [0.4, 0.5) is 0 Å². The Morgan fingerprint density at radius 2 is 0.864 bits per heavy atom. The molecule has 0 nitrogen and oxygen atoms in total. The van der Waals surface area contributed by atoms with Gasteiger partial charge in [0.2, 0.25) is 0 Å². The van der Waals surface area contributed by atoms with E-state index in [2.05, 4.69) is 102 Å². The third-order valence-corrected chi connectivity index (χ3v) is 11.6. The van der Waals surface area contributed by atoms with Crippen LogP contribution in [-0.4, -0.2) is 13.6 Å². The van der Waals surface area contributed by atoms with Gasteiger partial charge in [0, 0.05) is 0 Å². The van der Waals surface area contributed by atoms with Crippen molar-refractivity contribution in [3.8, 4) is 10.6 Å². The first-order chi connectivity index (χ1) is 10.9. The van der Waals surface area contributed by atoms with Crippen LogP contribution in [0, 0.1) is 10.6 Å². The predicted molar refractivity (Wildman–Crippen MR) is 97.4 cm³/mol. The molecule has 0 radical (unpaired) electrons. The van der Waals surface area contributed by atoms with Gasteiger partial charge in [-0.25, -0.2) is 0 Å². The molecule has 0 unspecified atom stereocenters. The van der Waals surface area contributed by atoms with E-state index in [9.17, 15) is 0 Å². The third kappa shape index (κ3) is 2.61. The molecular weight excluding hydrogens is 327 g/mol. The molecule has 0 saturated carbocycles. The second kappa shape index (κ2) is 6.69. The van der Waals surface area contributed by atoms with Gasteiger partial charge in [-0.05, 0) is 0 Å². The van der Waals surface area contributed by atoms with Gasteiger partial charge in [0.15, 0.2) is 0 Å². The van der Waals surface area contributed by atoms with Gasteiger partial charge in [0.1, 0.15) is 0 Å². The van der Waals surface area contributed by atoms with Crippen LogP contribution < -0.4 is 13.1 Å². The first-order valence-corrected chi connectivity index (χ1v) is 11.1. The van der Waals surface area contributed by atoms with E-state index in [1.807, 2.05) is 6.92 Å². The summed E-state index contributed by atoms with van der Waals surface area (Å²) in [5, 5.41) is 0. The van der Waals surface area contributed by atoms with Crippen molar-refractivity contribution in [1.82, 2.24) is 0 Å². The molecule has 0 spiro atoms. The van der Waals surface area contributed by atoms with E-state index in [1.54, 1.807) is 0 Å². The zero-order valence-corrected chi connectivity index (χ0v) is 14.5. The van der Waals surface area contributed by atoms with Gasteiger partial charge in [-0.3, -0.25) is 0 Å². The second-order valence-electron chi connectivity index (χ2n) is 5.04. The van der Waals surface area contributed by atoms with Crippen LogP contribution in [0.2, 0.25) is 0 Å². The monoisotopic (exact) mass is 345 g/mol. The first-order valence-electron chi connectivity index (χ1n) is 7.38. The van der Waals surface area contributed by atoms with Gasteiger partial charge in [0.25, 0.3) is 0 Å². The number of hydrogen-bond acceptors (Lipinski definition) is 0. The molecule has 0 atom stereocenters. The van der Waals surface area contributed by atoms with E-state index in [0.29, 0.717) is 0 Å². The summed E-state index contributed by atoms with van der Waals surface area (Å²) in [5.41, 5.74) is 0. The molecule has 106 valence electrons. The average Bonchev–Trinajstić information content (AvgIpc) is 2.62. The van der Waals surface area contributed by atoms with Gasteiger partial charge < -0.3 is 0 Å². The zero-order chi connectivity index (χ0) is 15.3. The summed E-state index contributed by atoms with van der Waals surface area (Å²) in [6.07, 6.45) is 0. The van der Waals surface area contributed by atoms with E-state index in [4.69, 9.17) is 0 Å². The standard InChI is InChI=1S/C21H18As/c1-2-18-22(19-12-6-3-7-13-19,20-14-8-4-9-15-20)21-16-10-5-11-17-21/h3-17H,1H3/q+1. The Labute approximate surface area is 135 Å². The maximum absolute atomic E-state index is 3.67. The van der Waals surface area contributed by atoms with Crippen molar-refractivity contribution in [2.45, 2.75) is 6.92 Å². The fourth-order valence-electron chi connectivity index (χ4n) is 2.76. The number of rotatable bonds is 3. The quantitative estimate of drug-likeness (QED) is 0.506. The third-order valence-electron chi connectivity index (χ3n) is 3.71. The van der Waals surface area contributed by atoms with E-state index in [1.165, 1.54) is 13.1 Å².